The molecule has 0 aromatic carbocycles. The molecule has 16 heavy (non-hydrogen) atoms. The maximum Gasteiger partial charge on any atom is 0.187 e. The Bertz CT molecular complexity index is 292. The lowest BCUT2D eigenvalue weighted by atomic mass is 10.3. The van der Waals surface area contributed by atoms with Crippen molar-refractivity contribution in [1.29, 1.82) is 0 Å². The van der Waals surface area contributed by atoms with Crippen LogP contribution >= 0.6 is 11.8 Å². The van der Waals surface area contributed by atoms with Gasteiger partial charge in [-0.15, -0.1) is 0 Å². The van der Waals surface area contributed by atoms with Gasteiger partial charge in [-0.05, 0) is 25.5 Å². The van der Waals surface area contributed by atoms with Gasteiger partial charge in [-0.3, -0.25) is 0 Å². The smallest absolute Gasteiger partial charge is 0.187 e. The summed E-state index contributed by atoms with van der Waals surface area (Å²) >= 11 is 1.57. The molecule has 0 radical (unpaired) electrons. The SMILES string of the molecule is CCCNC(CO)CSc1ncc(C)cn1. The summed E-state index contributed by atoms with van der Waals surface area (Å²) in [6.07, 6.45) is 4.69. The Labute approximate surface area is 101 Å². The van der Waals surface area contributed by atoms with Gasteiger partial charge in [-0.2, -0.15) is 0 Å². The third kappa shape index (κ3) is 4.92. The van der Waals surface area contributed by atoms with Crippen molar-refractivity contribution in [3.05, 3.63) is 18.0 Å². The predicted molar refractivity (Wildman–Crippen MR) is 66.7 cm³/mol. The maximum absolute atomic E-state index is 9.16. The van der Waals surface area contributed by atoms with Gasteiger partial charge in [-0.25, -0.2) is 9.97 Å². The van der Waals surface area contributed by atoms with Gasteiger partial charge in [0, 0.05) is 24.2 Å². The molecule has 1 rings (SSSR count). The van der Waals surface area contributed by atoms with Crippen molar-refractivity contribution < 1.29 is 5.11 Å². The van der Waals surface area contributed by atoms with Gasteiger partial charge in [0.25, 0.3) is 0 Å². The van der Waals surface area contributed by atoms with Gasteiger partial charge in [0.05, 0.1) is 6.61 Å². The molecule has 0 aliphatic rings. The van der Waals surface area contributed by atoms with Crippen LogP contribution in [0.15, 0.2) is 17.6 Å². The van der Waals surface area contributed by atoms with Crippen molar-refractivity contribution in [1.82, 2.24) is 15.3 Å². The number of aliphatic hydroxyl groups is 1. The fraction of sp³-hybridized carbons (Fsp3) is 0.636. The summed E-state index contributed by atoms with van der Waals surface area (Å²) in [5, 5.41) is 13.2. The Hall–Kier alpha value is -0.650. The Morgan fingerprint density at radius 2 is 2.12 bits per heavy atom. The second-order valence-electron chi connectivity index (χ2n) is 3.69. The first-order valence-electron chi connectivity index (χ1n) is 5.52. The molecule has 4 nitrogen and oxygen atoms in total. The third-order valence-electron chi connectivity index (χ3n) is 2.07. The summed E-state index contributed by atoms with van der Waals surface area (Å²) in [6.45, 7) is 5.16. The highest BCUT2D eigenvalue weighted by Gasteiger charge is 2.07. The van der Waals surface area contributed by atoms with E-state index in [-0.39, 0.29) is 12.6 Å². The lowest BCUT2D eigenvalue weighted by Gasteiger charge is -2.14. The molecular formula is C11H19N3OS. The van der Waals surface area contributed by atoms with E-state index in [1.165, 1.54) is 0 Å². The molecule has 5 heteroatoms. The second kappa shape index (κ2) is 7.60. The number of hydrogen-bond acceptors (Lipinski definition) is 5. The largest absolute Gasteiger partial charge is 0.395 e. The van der Waals surface area contributed by atoms with Crippen LogP contribution < -0.4 is 5.32 Å². The second-order valence-corrected chi connectivity index (χ2v) is 4.67. The molecule has 0 aliphatic heterocycles. The molecule has 2 N–H and O–H groups in total. The average Bonchev–Trinajstić information content (AvgIpc) is 2.32. The van der Waals surface area contributed by atoms with Crippen LogP contribution in [0.4, 0.5) is 0 Å². The van der Waals surface area contributed by atoms with Gasteiger partial charge in [-0.1, -0.05) is 18.7 Å². The van der Waals surface area contributed by atoms with Gasteiger partial charge in [0.15, 0.2) is 5.16 Å². The van der Waals surface area contributed by atoms with E-state index in [4.69, 9.17) is 5.11 Å². The van der Waals surface area contributed by atoms with Crippen LogP contribution in [-0.2, 0) is 0 Å². The molecule has 0 saturated heterocycles. The van der Waals surface area contributed by atoms with Crippen molar-refractivity contribution in [2.45, 2.75) is 31.5 Å². The maximum atomic E-state index is 9.16. The van der Waals surface area contributed by atoms with Crippen LogP contribution in [-0.4, -0.2) is 40.0 Å². The first-order chi connectivity index (χ1) is 7.76. The molecule has 1 aromatic heterocycles. The molecule has 1 aromatic rings. The molecule has 0 spiro atoms. The molecule has 0 bridgehead atoms. The zero-order valence-electron chi connectivity index (χ0n) is 9.81. The predicted octanol–water partition coefficient (Wildman–Crippen LogP) is 1.24. The molecule has 0 fully saturated rings. The van der Waals surface area contributed by atoms with Crippen LogP contribution in [0.5, 0.6) is 0 Å². The number of nitrogens with one attached hydrogen (secondary N) is 1. The van der Waals surface area contributed by atoms with E-state index in [0.29, 0.717) is 0 Å². The van der Waals surface area contributed by atoms with E-state index in [1.54, 1.807) is 11.8 Å². The first kappa shape index (κ1) is 13.4. The van der Waals surface area contributed by atoms with Gasteiger partial charge in [0.2, 0.25) is 0 Å². The summed E-state index contributed by atoms with van der Waals surface area (Å²) in [4.78, 5) is 8.41. The minimum Gasteiger partial charge on any atom is -0.395 e. The molecular weight excluding hydrogens is 222 g/mol. The standard InChI is InChI=1S/C11H19N3OS/c1-3-4-12-10(7-15)8-16-11-13-5-9(2)6-14-11/h5-6,10,12,15H,3-4,7-8H2,1-2H3. The molecule has 1 unspecified atom stereocenters. The van der Waals surface area contributed by atoms with E-state index < -0.39 is 0 Å². The van der Waals surface area contributed by atoms with Gasteiger partial charge in [0.1, 0.15) is 0 Å². The fourth-order valence-corrected chi connectivity index (χ4v) is 1.98. The number of hydrogen-bond donors (Lipinski definition) is 2. The number of aliphatic hydroxyl groups excluding tert-OH is 1. The Kier molecular flexibility index (Phi) is 6.37. The van der Waals surface area contributed by atoms with Crippen molar-refractivity contribution in [2.24, 2.45) is 0 Å². The third-order valence-corrected chi connectivity index (χ3v) is 3.11. The number of aryl methyl sites for hydroxylation is 1. The Balaban J connectivity index is 2.34. The van der Waals surface area contributed by atoms with E-state index in [1.807, 2.05) is 19.3 Å². The number of rotatable bonds is 7. The van der Waals surface area contributed by atoms with Crippen molar-refractivity contribution in [3.63, 3.8) is 0 Å². The van der Waals surface area contributed by atoms with Gasteiger partial charge >= 0.3 is 0 Å². The molecule has 0 saturated carbocycles. The van der Waals surface area contributed by atoms with Crippen LogP contribution in [0, 0.1) is 6.92 Å². The van der Waals surface area contributed by atoms with E-state index >= 15 is 0 Å². The summed E-state index contributed by atoms with van der Waals surface area (Å²) in [6, 6.07) is 0.120. The first-order valence-corrected chi connectivity index (χ1v) is 6.50. The van der Waals surface area contributed by atoms with Gasteiger partial charge < -0.3 is 10.4 Å². The highest BCUT2D eigenvalue weighted by molar-refractivity contribution is 7.99. The zero-order chi connectivity index (χ0) is 11.8. The Morgan fingerprint density at radius 1 is 1.44 bits per heavy atom. The summed E-state index contributed by atoms with van der Waals surface area (Å²) in [7, 11) is 0. The number of nitrogens with zero attached hydrogens (tertiary/aromatic N) is 2. The lowest BCUT2D eigenvalue weighted by molar-refractivity contribution is 0.254. The topological polar surface area (TPSA) is 58.0 Å². The molecule has 0 amide bonds. The number of aromatic nitrogens is 2. The monoisotopic (exact) mass is 241 g/mol. The minimum atomic E-state index is 0.120. The number of thioether (sulfide) groups is 1. The van der Waals surface area contributed by atoms with E-state index in [0.717, 1.165) is 29.4 Å². The fourth-order valence-electron chi connectivity index (χ4n) is 1.16. The van der Waals surface area contributed by atoms with Crippen LogP contribution in [0.25, 0.3) is 0 Å². The average molecular weight is 241 g/mol. The summed E-state index contributed by atoms with van der Waals surface area (Å²) < 4.78 is 0. The van der Waals surface area contributed by atoms with Crippen molar-refractivity contribution in [2.75, 3.05) is 18.9 Å². The molecule has 1 atom stereocenters. The van der Waals surface area contributed by atoms with Crippen molar-refractivity contribution >= 4 is 11.8 Å². The van der Waals surface area contributed by atoms with E-state index in [2.05, 4.69) is 22.2 Å². The quantitative estimate of drug-likeness (QED) is 0.555. The highest BCUT2D eigenvalue weighted by atomic mass is 32.2. The van der Waals surface area contributed by atoms with Crippen molar-refractivity contribution in [3.8, 4) is 0 Å². The zero-order valence-corrected chi connectivity index (χ0v) is 10.6. The molecule has 1 heterocycles. The normalized spacial score (nSPS) is 12.7. The molecule has 0 aliphatic carbocycles. The summed E-state index contributed by atoms with van der Waals surface area (Å²) in [5.41, 5.74) is 1.06. The Morgan fingerprint density at radius 3 is 2.69 bits per heavy atom. The van der Waals surface area contributed by atoms with Crippen LogP contribution in [0.2, 0.25) is 0 Å². The van der Waals surface area contributed by atoms with Crippen LogP contribution in [0.1, 0.15) is 18.9 Å². The minimum absolute atomic E-state index is 0.120. The molecule has 90 valence electrons. The van der Waals surface area contributed by atoms with E-state index in [9.17, 15) is 0 Å². The highest BCUT2D eigenvalue weighted by Crippen LogP contribution is 2.13. The summed E-state index contributed by atoms with van der Waals surface area (Å²) in [5.74, 6) is 0.791. The lowest BCUT2D eigenvalue weighted by Crippen LogP contribution is -2.35. The van der Waals surface area contributed by atoms with Crippen LogP contribution in [0.3, 0.4) is 0 Å².